The quantitative estimate of drug-likeness (QED) is 0.300. The van der Waals surface area contributed by atoms with Crippen molar-refractivity contribution in [3.05, 3.63) is 42.6 Å². The number of pyridine rings is 1. The minimum atomic E-state index is -3.99. The summed E-state index contributed by atoms with van der Waals surface area (Å²) in [6.07, 6.45) is 6.75. The molecule has 300 valence electrons. The largest absolute Gasteiger partial charge is 0.491 e. The first-order valence-electron chi connectivity index (χ1n) is 19.5. The molecule has 2 saturated carbocycles. The van der Waals surface area contributed by atoms with Gasteiger partial charge >= 0.3 is 6.09 Å². The molecule has 3 heterocycles. The van der Waals surface area contributed by atoms with E-state index in [2.05, 4.69) is 27.3 Å². The number of ether oxygens (including phenoxy) is 3. The molecule has 0 bridgehead atoms. The van der Waals surface area contributed by atoms with Crippen LogP contribution in [0.1, 0.15) is 93.4 Å². The highest BCUT2D eigenvalue weighted by molar-refractivity contribution is 7.91. The smallest absolute Gasteiger partial charge is 0.408 e. The van der Waals surface area contributed by atoms with Crippen molar-refractivity contribution < 1.29 is 41.8 Å². The Labute approximate surface area is 323 Å². The summed E-state index contributed by atoms with van der Waals surface area (Å²) in [4.78, 5) is 62.0. The lowest BCUT2D eigenvalue weighted by Crippen LogP contribution is -2.59. The van der Waals surface area contributed by atoms with E-state index in [1.54, 1.807) is 27.0 Å². The molecule has 55 heavy (non-hydrogen) atoms. The van der Waals surface area contributed by atoms with Crippen molar-refractivity contribution in [3.8, 4) is 11.6 Å². The van der Waals surface area contributed by atoms with E-state index in [-0.39, 0.29) is 37.3 Å². The number of carbonyl (C=O) groups is 4. The number of allylic oxidation sites excluding steroid dienone is 1. The molecule has 4 amide bonds. The predicted octanol–water partition coefficient (Wildman–Crippen LogP) is 4.76. The maximum atomic E-state index is 14.7. The Kier molecular flexibility index (Phi) is 11.4. The number of aromatic nitrogens is 1. The number of amides is 4. The van der Waals surface area contributed by atoms with Crippen LogP contribution in [-0.4, -0.2) is 89.3 Å². The first-order chi connectivity index (χ1) is 25.9. The van der Waals surface area contributed by atoms with Crippen LogP contribution in [0.25, 0.3) is 10.8 Å². The summed E-state index contributed by atoms with van der Waals surface area (Å²) >= 11 is 0. The molecule has 2 aliphatic carbocycles. The molecule has 0 spiro atoms. The number of benzene rings is 1. The SMILES string of the molecule is CC(C)OC(=O)N[C@@H]1C(=O)N2C[C@H](Oc3nccc4cc(OC(C)C)ccc34)C[C@H]2C(=O)N[C@]2(C(=O)NS(=O)(=O)C3(C)CC3)C[C@H]2/C=C\CC[C@H](C)C[C@H]1C. The molecule has 1 aromatic carbocycles. The zero-order chi connectivity index (χ0) is 39.9. The second-order valence-corrected chi connectivity index (χ2v) is 18.9. The maximum Gasteiger partial charge on any atom is 0.408 e. The van der Waals surface area contributed by atoms with Gasteiger partial charge in [0.2, 0.25) is 27.7 Å². The van der Waals surface area contributed by atoms with Gasteiger partial charge in [0.05, 0.1) is 23.5 Å². The predicted molar refractivity (Wildman–Crippen MR) is 206 cm³/mol. The number of nitrogens with one attached hydrogen (secondary N) is 3. The first-order valence-corrected chi connectivity index (χ1v) is 20.9. The van der Waals surface area contributed by atoms with E-state index in [1.807, 2.05) is 57.2 Å². The van der Waals surface area contributed by atoms with Gasteiger partial charge in [-0.05, 0) is 115 Å². The van der Waals surface area contributed by atoms with Gasteiger partial charge in [0.1, 0.15) is 29.5 Å². The van der Waals surface area contributed by atoms with Crippen molar-refractivity contribution >= 4 is 44.6 Å². The first kappa shape index (κ1) is 40.3. The topological polar surface area (TPSA) is 182 Å². The molecule has 6 rings (SSSR count). The molecule has 14 nitrogen and oxygen atoms in total. The average Bonchev–Trinajstić information content (AvgIpc) is 3.98. The minimum Gasteiger partial charge on any atom is -0.491 e. The standard InChI is InChI=1S/C40H55N5O9S/c1-23(2)52-29-12-13-31-27(19-29)14-17-41-35(31)54-30-20-32-34(46)43-40(37(48)44-55(50,51)39(7)15-16-39)21-28(40)11-9-8-10-25(5)18-26(6)33(36(47)45(32)22-30)42-38(49)53-24(3)4/h9,11-14,17,19,23-26,28,30,32-33H,8,10,15-16,18,20-22H2,1-7H3,(H,42,49)(H,43,46)(H,44,48)/b11-9-/t25-,26+,28+,30+,32-,33-,40+/m0/s1. The van der Waals surface area contributed by atoms with Gasteiger partial charge in [-0.2, -0.15) is 0 Å². The molecule has 2 aliphatic heterocycles. The molecule has 2 aromatic rings. The normalized spacial score (nSPS) is 29.9. The van der Waals surface area contributed by atoms with Crippen molar-refractivity contribution in [1.82, 2.24) is 25.2 Å². The van der Waals surface area contributed by atoms with Gasteiger partial charge in [0, 0.05) is 23.9 Å². The van der Waals surface area contributed by atoms with Gasteiger partial charge in [-0.3, -0.25) is 19.1 Å². The van der Waals surface area contributed by atoms with Gasteiger partial charge in [0.25, 0.3) is 5.91 Å². The zero-order valence-corrected chi connectivity index (χ0v) is 33.6. The highest BCUT2D eigenvalue weighted by Crippen LogP contribution is 2.47. The molecule has 0 unspecified atom stereocenters. The van der Waals surface area contributed by atoms with Gasteiger partial charge in [-0.1, -0.05) is 26.0 Å². The lowest BCUT2D eigenvalue weighted by atomic mass is 9.88. The molecule has 3 N–H and O–H groups in total. The van der Waals surface area contributed by atoms with Crippen LogP contribution in [-0.2, 0) is 29.1 Å². The fraction of sp³-hybridized carbons (Fsp3) is 0.625. The molecule has 4 aliphatic rings. The second kappa shape index (κ2) is 15.6. The number of rotatable bonds is 9. The van der Waals surface area contributed by atoms with Crippen molar-refractivity contribution in [2.45, 2.75) is 134 Å². The third kappa shape index (κ3) is 8.86. The summed E-state index contributed by atoms with van der Waals surface area (Å²) in [5.41, 5.74) is -1.52. The van der Waals surface area contributed by atoms with Gasteiger partial charge in [0.15, 0.2) is 0 Å². The van der Waals surface area contributed by atoms with Crippen LogP contribution in [0, 0.1) is 17.8 Å². The van der Waals surface area contributed by atoms with Crippen LogP contribution in [0.15, 0.2) is 42.6 Å². The molecule has 15 heteroatoms. The number of carbonyl (C=O) groups excluding carboxylic acids is 4. The number of sulfonamides is 1. The van der Waals surface area contributed by atoms with Gasteiger partial charge in [-0.15, -0.1) is 0 Å². The molecule has 3 fully saturated rings. The maximum absolute atomic E-state index is 14.7. The van der Waals surface area contributed by atoms with E-state index in [9.17, 15) is 27.6 Å². The van der Waals surface area contributed by atoms with Crippen LogP contribution < -0.4 is 24.8 Å². The summed E-state index contributed by atoms with van der Waals surface area (Å²) in [5, 5.41) is 7.24. The highest BCUT2D eigenvalue weighted by atomic mass is 32.2. The molecular formula is C40H55N5O9S. The Morgan fingerprint density at radius 2 is 1.80 bits per heavy atom. The average molecular weight is 782 g/mol. The van der Waals surface area contributed by atoms with E-state index >= 15 is 0 Å². The highest BCUT2D eigenvalue weighted by Gasteiger charge is 2.63. The Balaban J connectivity index is 1.34. The van der Waals surface area contributed by atoms with Crippen LogP contribution in [0.2, 0.25) is 0 Å². The molecule has 0 radical (unpaired) electrons. The summed E-state index contributed by atoms with van der Waals surface area (Å²) in [6, 6.07) is 5.26. The Morgan fingerprint density at radius 1 is 1.05 bits per heavy atom. The molecule has 1 aromatic heterocycles. The van der Waals surface area contributed by atoms with Crippen LogP contribution >= 0.6 is 0 Å². The van der Waals surface area contributed by atoms with E-state index in [4.69, 9.17) is 14.2 Å². The number of nitrogens with zero attached hydrogens (tertiary/aromatic N) is 2. The van der Waals surface area contributed by atoms with Crippen LogP contribution in [0.3, 0.4) is 0 Å². The van der Waals surface area contributed by atoms with Gasteiger partial charge in [-0.25, -0.2) is 18.2 Å². The summed E-state index contributed by atoms with van der Waals surface area (Å²) in [7, 11) is -3.99. The number of hydrogen-bond donors (Lipinski definition) is 3. The Bertz CT molecular complexity index is 1950. The fourth-order valence-corrected chi connectivity index (χ4v) is 9.01. The summed E-state index contributed by atoms with van der Waals surface area (Å²) in [6.45, 7) is 12.9. The van der Waals surface area contributed by atoms with Crippen molar-refractivity contribution in [3.63, 3.8) is 0 Å². The Hall–Kier alpha value is -4.40. The van der Waals surface area contributed by atoms with Crippen molar-refractivity contribution in [1.29, 1.82) is 0 Å². The van der Waals surface area contributed by atoms with Gasteiger partial charge < -0.3 is 29.7 Å². The monoisotopic (exact) mass is 781 g/mol. The van der Waals surface area contributed by atoms with E-state index < -0.39 is 74.3 Å². The van der Waals surface area contributed by atoms with Crippen molar-refractivity contribution in [2.75, 3.05) is 6.54 Å². The van der Waals surface area contributed by atoms with Crippen molar-refractivity contribution in [2.24, 2.45) is 17.8 Å². The lowest BCUT2D eigenvalue weighted by molar-refractivity contribution is -0.142. The van der Waals surface area contributed by atoms with E-state index in [0.717, 1.165) is 11.8 Å². The number of fused-ring (bicyclic) bond motifs is 3. The van der Waals surface area contributed by atoms with E-state index in [0.29, 0.717) is 42.7 Å². The molecule has 7 atom stereocenters. The van der Waals surface area contributed by atoms with E-state index in [1.165, 1.54) is 4.90 Å². The third-order valence-corrected chi connectivity index (χ3v) is 13.4. The minimum absolute atomic E-state index is 0.0154. The summed E-state index contributed by atoms with van der Waals surface area (Å²) < 4.78 is 45.3. The molecular weight excluding hydrogens is 727 g/mol. The number of alkyl carbamates (subject to hydrolysis) is 1. The zero-order valence-electron chi connectivity index (χ0n) is 32.8. The van der Waals surface area contributed by atoms with Crippen LogP contribution in [0.5, 0.6) is 11.6 Å². The molecule has 1 saturated heterocycles. The number of hydrogen-bond acceptors (Lipinski definition) is 10. The lowest BCUT2D eigenvalue weighted by Gasteiger charge is -2.33. The second-order valence-electron chi connectivity index (χ2n) is 16.7. The third-order valence-electron chi connectivity index (χ3n) is 11.2. The summed E-state index contributed by atoms with van der Waals surface area (Å²) in [5.74, 6) is -1.52. The fourth-order valence-electron chi connectivity index (χ4n) is 7.70. The Morgan fingerprint density at radius 3 is 2.49 bits per heavy atom. The van der Waals surface area contributed by atoms with Crippen LogP contribution in [0.4, 0.5) is 4.79 Å².